The molecule has 1 aliphatic carbocycles. The van der Waals surface area contributed by atoms with E-state index in [-0.39, 0.29) is 41.4 Å². The van der Waals surface area contributed by atoms with Gasteiger partial charge in [-0.25, -0.2) is 0 Å². The van der Waals surface area contributed by atoms with Crippen molar-refractivity contribution in [1.29, 1.82) is 0 Å². The van der Waals surface area contributed by atoms with E-state index in [1.807, 2.05) is 18.0 Å². The van der Waals surface area contributed by atoms with Crippen LogP contribution in [0.4, 0.5) is 0 Å². The maximum atomic E-state index is 12.3. The molecule has 3 unspecified atom stereocenters. The van der Waals surface area contributed by atoms with Crippen molar-refractivity contribution in [2.75, 3.05) is 18.8 Å². The molecule has 0 bridgehead atoms. The molecule has 2 heterocycles. The third-order valence-corrected chi connectivity index (χ3v) is 5.94. The van der Waals surface area contributed by atoms with Gasteiger partial charge in [0.25, 0.3) is 0 Å². The molecule has 3 aliphatic rings. The van der Waals surface area contributed by atoms with E-state index in [2.05, 4.69) is 28.5 Å². The van der Waals surface area contributed by atoms with Crippen LogP contribution in [0.1, 0.15) is 12.8 Å². The Bertz CT molecular complexity index is 481. The number of allylic oxidation sites excluding steroid dienone is 3. The number of aliphatic imine (C=N–C) groups is 1. The molecule has 21 heavy (non-hydrogen) atoms. The number of hydrogen-bond acceptors (Lipinski definition) is 4. The van der Waals surface area contributed by atoms with Crippen LogP contribution in [0.25, 0.3) is 0 Å². The van der Waals surface area contributed by atoms with E-state index >= 15 is 0 Å². The van der Waals surface area contributed by atoms with Crippen molar-refractivity contribution < 1.29 is 4.79 Å². The Kier molecular flexibility index (Phi) is 6.78. The van der Waals surface area contributed by atoms with Gasteiger partial charge in [0.1, 0.15) is 0 Å². The SMILES string of the molecule is Cl.Cl.NCCNC(=O)C1CSC23CC=CC=C2N=CCC13. The first-order chi connectivity index (χ1) is 9.28. The van der Waals surface area contributed by atoms with Gasteiger partial charge < -0.3 is 11.1 Å². The normalized spacial score (nSPS) is 32.1. The number of carbonyl (C=O) groups is 1. The summed E-state index contributed by atoms with van der Waals surface area (Å²) >= 11 is 1.90. The first-order valence-corrected chi connectivity index (χ1v) is 7.78. The molecule has 1 amide bonds. The Morgan fingerprint density at radius 3 is 3.10 bits per heavy atom. The lowest BCUT2D eigenvalue weighted by atomic mass is 9.73. The summed E-state index contributed by atoms with van der Waals surface area (Å²) in [7, 11) is 0. The highest BCUT2D eigenvalue weighted by atomic mass is 35.5. The van der Waals surface area contributed by atoms with E-state index < -0.39 is 0 Å². The second-order valence-electron chi connectivity index (χ2n) is 5.22. The fraction of sp³-hybridized carbons (Fsp3) is 0.571. The molecule has 1 spiro atoms. The molecule has 4 nitrogen and oxygen atoms in total. The fourth-order valence-electron chi connectivity index (χ4n) is 3.27. The van der Waals surface area contributed by atoms with Gasteiger partial charge in [-0.1, -0.05) is 12.2 Å². The van der Waals surface area contributed by atoms with Crippen molar-refractivity contribution in [2.45, 2.75) is 17.6 Å². The lowest BCUT2D eigenvalue weighted by molar-refractivity contribution is -0.125. The van der Waals surface area contributed by atoms with Crippen LogP contribution in [-0.2, 0) is 4.79 Å². The standard InChI is InChI=1S/C14H19N3OS.2ClH/c15-6-8-17-13(18)10-9-19-14-5-2-1-3-12(14)16-7-4-11(10)14;;/h1-3,7,10-11H,4-6,8-9,15H2,(H,17,18);2*1H. The molecule has 3 N–H and O–H groups in total. The number of rotatable bonds is 3. The largest absolute Gasteiger partial charge is 0.355 e. The van der Waals surface area contributed by atoms with Crippen LogP contribution in [-0.4, -0.2) is 35.7 Å². The lowest BCUT2D eigenvalue weighted by Gasteiger charge is -2.39. The van der Waals surface area contributed by atoms with Crippen molar-refractivity contribution in [3.63, 3.8) is 0 Å². The molecule has 1 fully saturated rings. The number of nitrogens with two attached hydrogens (primary N) is 1. The molecule has 0 radical (unpaired) electrons. The van der Waals surface area contributed by atoms with Crippen LogP contribution >= 0.6 is 36.6 Å². The van der Waals surface area contributed by atoms with E-state index in [1.165, 1.54) is 0 Å². The van der Waals surface area contributed by atoms with Gasteiger partial charge in [-0.05, 0) is 24.8 Å². The maximum absolute atomic E-state index is 12.3. The van der Waals surface area contributed by atoms with E-state index in [0.717, 1.165) is 24.3 Å². The first-order valence-electron chi connectivity index (χ1n) is 6.79. The molecule has 0 saturated carbocycles. The van der Waals surface area contributed by atoms with Gasteiger partial charge in [0, 0.05) is 25.1 Å². The van der Waals surface area contributed by atoms with Crippen molar-refractivity contribution in [2.24, 2.45) is 22.6 Å². The number of nitrogens with zero attached hydrogens (tertiary/aromatic N) is 1. The average molecular weight is 350 g/mol. The third kappa shape index (κ3) is 3.16. The molecule has 1 saturated heterocycles. The highest BCUT2D eigenvalue weighted by molar-refractivity contribution is 8.01. The van der Waals surface area contributed by atoms with Crippen LogP contribution in [0.5, 0.6) is 0 Å². The van der Waals surface area contributed by atoms with E-state index in [9.17, 15) is 4.79 Å². The van der Waals surface area contributed by atoms with Crippen LogP contribution in [0, 0.1) is 11.8 Å². The second-order valence-corrected chi connectivity index (χ2v) is 6.58. The van der Waals surface area contributed by atoms with Crippen LogP contribution < -0.4 is 11.1 Å². The van der Waals surface area contributed by atoms with Gasteiger partial charge in [0.05, 0.1) is 16.4 Å². The Morgan fingerprint density at radius 2 is 2.33 bits per heavy atom. The summed E-state index contributed by atoms with van der Waals surface area (Å²) in [6.45, 7) is 1.06. The summed E-state index contributed by atoms with van der Waals surface area (Å²) in [4.78, 5) is 16.8. The third-order valence-electron chi connectivity index (χ3n) is 4.22. The number of nitrogens with one attached hydrogen (secondary N) is 1. The fourth-order valence-corrected chi connectivity index (χ4v) is 5.08. The zero-order chi connectivity index (χ0) is 13.3. The molecule has 7 heteroatoms. The maximum Gasteiger partial charge on any atom is 0.224 e. The number of carbonyl (C=O) groups excluding carboxylic acids is 1. The Labute approximate surface area is 141 Å². The van der Waals surface area contributed by atoms with E-state index in [4.69, 9.17) is 5.73 Å². The number of hydrogen-bond donors (Lipinski definition) is 2. The summed E-state index contributed by atoms with van der Waals surface area (Å²) in [5.41, 5.74) is 6.60. The van der Waals surface area contributed by atoms with Crippen LogP contribution in [0.2, 0.25) is 0 Å². The van der Waals surface area contributed by atoms with Gasteiger partial charge >= 0.3 is 0 Å². The van der Waals surface area contributed by atoms with Crippen molar-refractivity contribution >= 4 is 48.7 Å². The minimum atomic E-state index is 0. The van der Waals surface area contributed by atoms with Crippen LogP contribution in [0.3, 0.4) is 0 Å². The summed E-state index contributed by atoms with van der Waals surface area (Å²) < 4.78 is 0.0359. The van der Waals surface area contributed by atoms with Gasteiger partial charge in [0.15, 0.2) is 0 Å². The highest BCUT2D eigenvalue weighted by Gasteiger charge is 2.54. The Balaban J connectivity index is 0.00000110. The van der Waals surface area contributed by atoms with Gasteiger partial charge in [-0.15, -0.1) is 36.6 Å². The molecule has 0 aromatic heterocycles. The monoisotopic (exact) mass is 349 g/mol. The molecular weight excluding hydrogens is 329 g/mol. The molecule has 118 valence electrons. The zero-order valence-electron chi connectivity index (χ0n) is 11.7. The molecule has 0 aromatic rings. The summed E-state index contributed by atoms with van der Waals surface area (Å²) in [6.07, 6.45) is 10.2. The van der Waals surface area contributed by atoms with Crippen LogP contribution in [0.15, 0.2) is 28.9 Å². The quantitative estimate of drug-likeness (QED) is 0.818. The number of amides is 1. The molecule has 3 rings (SSSR count). The second kappa shape index (κ2) is 7.68. The number of thioether (sulfide) groups is 1. The Hall–Kier alpha value is -0.490. The summed E-state index contributed by atoms with van der Waals surface area (Å²) in [5, 5.41) is 2.94. The molecule has 3 atom stereocenters. The van der Waals surface area contributed by atoms with E-state index in [0.29, 0.717) is 19.0 Å². The molecular formula is C14H21Cl2N3OS. The predicted octanol–water partition coefficient (Wildman–Crippen LogP) is 1.94. The van der Waals surface area contributed by atoms with Gasteiger partial charge in [0.2, 0.25) is 5.91 Å². The van der Waals surface area contributed by atoms with Gasteiger partial charge in [-0.3, -0.25) is 9.79 Å². The van der Waals surface area contributed by atoms with Crippen molar-refractivity contribution in [1.82, 2.24) is 5.32 Å². The zero-order valence-corrected chi connectivity index (χ0v) is 14.1. The summed E-state index contributed by atoms with van der Waals surface area (Å²) in [5.74, 6) is 1.49. The minimum Gasteiger partial charge on any atom is -0.355 e. The van der Waals surface area contributed by atoms with E-state index in [1.54, 1.807) is 0 Å². The van der Waals surface area contributed by atoms with Crippen molar-refractivity contribution in [3.05, 3.63) is 23.9 Å². The topological polar surface area (TPSA) is 67.5 Å². The smallest absolute Gasteiger partial charge is 0.224 e. The van der Waals surface area contributed by atoms with Crippen molar-refractivity contribution in [3.8, 4) is 0 Å². The molecule has 2 aliphatic heterocycles. The van der Waals surface area contributed by atoms with Gasteiger partial charge in [-0.2, -0.15) is 0 Å². The lowest BCUT2D eigenvalue weighted by Crippen LogP contribution is -2.44. The Morgan fingerprint density at radius 1 is 1.52 bits per heavy atom. The minimum absolute atomic E-state index is 0. The predicted molar refractivity (Wildman–Crippen MR) is 93.7 cm³/mol. The number of halogens is 2. The molecule has 0 aromatic carbocycles. The summed E-state index contributed by atoms with van der Waals surface area (Å²) in [6, 6.07) is 0. The highest BCUT2D eigenvalue weighted by Crippen LogP contribution is 2.56. The first kappa shape index (κ1) is 18.6. The average Bonchev–Trinajstić information content (AvgIpc) is 2.82.